The zero-order valence-electron chi connectivity index (χ0n) is 11.8. The molecule has 4 nitrogen and oxygen atoms in total. The Bertz CT molecular complexity index is 510. The molecule has 2 saturated heterocycles. The van der Waals surface area contributed by atoms with Gasteiger partial charge in [0.05, 0.1) is 12.7 Å². The van der Waals surface area contributed by atoms with E-state index in [2.05, 4.69) is 9.88 Å². The molecule has 106 valence electrons. The molecule has 1 saturated carbocycles. The summed E-state index contributed by atoms with van der Waals surface area (Å²) in [6, 6.07) is 4.58. The molecule has 4 rings (SSSR count). The number of fused-ring (bicyclic) bond motifs is 5. The number of ether oxygens (including phenoxy) is 1. The molecule has 1 amide bonds. The number of carbonyl (C=O) groups excluding carboxylic acids is 1. The lowest BCUT2D eigenvalue weighted by Crippen LogP contribution is -2.37. The molecular weight excluding hydrogens is 252 g/mol. The Kier molecular flexibility index (Phi) is 2.72. The Morgan fingerprint density at radius 3 is 2.45 bits per heavy atom. The number of pyridine rings is 1. The maximum Gasteiger partial charge on any atom is 0.255 e. The number of hydrogen-bond donors (Lipinski definition) is 0. The molecule has 3 fully saturated rings. The van der Waals surface area contributed by atoms with Crippen LogP contribution < -0.4 is 4.74 Å². The fourth-order valence-corrected chi connectivity index (χ4v) is 4.76. The molecule has 1 aliphatic carbocycles. The van der Waals surface area contributed by atoms with Crippen LogP contribution in [-0.4, -0.2) is 35.0 Å². The second-order valence-electron chi connectivity index (χ2n) is 6.27. The monoisotopic (exact) mass is 272 g/mol. The van der Waals surface area contributed by atoms with E-state index in [1.165, 1.54) is 32.1 Å². The number of hydrogen-bond acceptors (Lipinski definition) is 3. The van der Waals surface area contributed by atoms with Crippen molar-refractivity contribution in [2.24, 2.45) is 11.8 Å². The van der Waals surface area contributed by atoms with E-state index in [-0.39, 0.29) is 5.91 Å². The molecule has 2 bridgehead atoms. The molecule has 4 heteroatoms. The van der Waals surface area contributed by atoms with Gasteiger partial charge in [-0.2, -0.15) is 0 Å². The van der Waals surface area contributed by atoms with Crippen LogP contribution in [0.25, 0.3) is 0 Å². The summed E-state index contributed by atoms with van der Waals surface area (Å²) in [4.78, 5) is 19.1. The lowest BCUT2D eigenvalue weighted by atomic mass is 9.82. The van der Waals surface area contributed by atoms with E-state index in [1.807, 2.05) is 6.07 Å². The molecule has 0 N–H and O–H groups in total. The highest BCUT2D eigenvalue weighted by atomic mass is 16.5. The van der Waals surface area contributed by atoms with Crippen molar-refractivity contribution in [3.63, 3.8) is 0 Å². The molecule has 0 unspecified atom stereocenters. The van der Waals surface area contributed by atoms with Gasteiger partial charge in [-0.3, -0.25) is 4.79 Å². The second kappa shape index (κ2) is 4.47. The summed E-state index contributed by atoms with van der Waals surface area (Å²) in [6.45, 7) is 0. The molecule has 0 radical (unpaired) electrons. The number of methoxy groups -OCH3 is 1. The Balaban J connectivity index is 1.60. The number of amides is 1. The maximum absolute atomic E-state index is 12.8. The minimum absolute atomic E-state index is 0.169. The van der Waals surface area contributed by atoms with Gasteiger partial charge in [0, 0.05) is 24.3 Å². The summed E-state index contributed by atoms with van der Waals surface area (Å²) in [5.41, 5.74) is 0.697. The van der Waals surface area contributed by atoms with Crippen LogP contribution in [-0.2, 0) is 0 Å². The molecule has 0 aromatic carbocycles. The van der Waals surface area contributed by atoms with E-state index >= 15 is 0 Å². The van der Waals surface area contributed by atoms with Crippen LogP contribution in [0.5, 0.6) is 5.88 Å². The van der Waals surface area contributed by atoms with Crippen LogP contribution in [0.1, 0.15) is 42.5 Å². The van der Waals surface area contributed by atoms with Gasteiger partial charge in [-0.1, -0.05) is 6.42 Å². The zero-order valence-corrected chi connectivity index (χ0v) is 11.8. The Morgan fingerprint density at radius 2 is 1.90 bits per heavy atom. The zero-order chi connectivity index (χ0) is 13.7. The van der Waals surface area contributed by atoms with E-state index in [0.29, 0.717) is 23.5 Å². The quantitative estimate of drug-likeness (QED) is 0.830. The molecule has 20 heavy (non-hydrogen) atoms. The summed E-state index contributed by atoms with van der Waals surface area (Å²) in [5, 5.41) is 0. The van der Waals surface area contributed by atoms with Crippen LogP contribution in [0.4, 0.5) is 0 Å². The van der Waals surface area contributed by atoms with Crippen molar-refractivity contribution < 1.29 is 9.53 Å². The lowest BCUT2D eigenvalue weighted by Gasteiger charge is -2.24. The number of nitrogens with zero attached hydrogens (tertiary/aromatic N) is 2. The van der Waals surface area contributed by atoms with E-state index in [9.17, 15) is 4.79 Å². The van der Waals surface area contributed by atoms with Crippen LogP contribution >= 0.6 is 0 Å². The summed E-state index contributed by atoms with van der Waals surface area (Å²) < 4.78 is 5.05. The predicted octanol–water partition coefficient (Wildman–Crippen LogP) is 2.49. The molecule has 4 atom stereocenters. The fraction of sp³-hybridized carbons (Fsp3) is 0.625. The molecular formula is C16H20N2O2. The fourth-order valence-electron chi connectivity index (χ4n) is 4.76. The maximum atomic E-state index is 12.8. The van der Waals surface area contributed by atoms with Gasteiger partial charge in [-0.25, -0.2) is 4.98 Å². The van der Waals surface area contributed by atoms with E-state index < -0.39 is 0 Å². The standard InChI is InChI=1S/C16H20N2O2/c1-20-15-8-5-10(9-17-15)16(19)18-13-6-7-14(18)12-4-2-3-11(12)13/h5,8-9,11-14H,2-4,6-7H2,1H3/t11-,12+,13-,14+. The third kappa shape index (κ3) is 1.60. The third-order valence-electron chi connectivity index (χ3n) is 5.51. The minimum atomic E-state index is 0.169. The summed E-state index contributed by atoms with van der Waals surface area (Å²) in [7, 11) is 1.59. The van der Waals surface area contributed by atoms with Crippen molar-refractivity contribution in [2.45, 2.75) is 44.2 Å². The van der Waals surface area contributed by atoms with Crippen molar-refractivity contribution in [2.75, 3.05) is 7.11 Å². The molecule has 3 aliphatic rings. The third-order valence-corrected chi connectivity index (χ3v) is 5.51. The molecule has 2 aliphatic heterocycles. The highest BCUT2D eigenvalue weighted by Gasteiger charge is 2.55. The average Bonchev–Trinajstić information content (AvgIpc) is 3.18. The van der Waals surface area contributed by atoms with Crippen LogP contribution in [0, 0.1) is 11.8 Å². The Morgan fingerprint density at radius 1 is 1.20 bits per heavy atom. The van der Waals surface area contributed by atoms with Crippen molar-refractivity contribution >= 4 is 5.91 Å². The van der Waals surface area contributed by atoms with Gasteiger partial charge in [0.2, 0.25) is 5.88 Å². The van der Waals surface area contributed by atoms with Gasteiger partial charge in [-0.15, -0.1) is 0 Å². The minimum Gasteiger partial charge on any atom is -0.481 e. The van der Waals surface area contributed by atoms with Gasteiger partial charge >= 0.3 is 0 Å². The van der Waals surface area contributed by atoms with E-state index in [1.54, 1.807) is 19.4 Å². The Labute approximate surface area is 119 Å². The summed E-state index contributed by atoms with van der Waals surface area (Å²) in [6.07, 6.45) is 8.03. The van der Waals surface area contributed by atoms with E-state index in [0.717, 1.165) is 11.8 Å². The van der Waals surface area contributed by atoms with Gasteiger partial charge in [0.15, 0.2) is 0 Å². The number of rotatable bonds is 2. The average molecular weight is 272 g/mol. The molecule has 1 aromatic rings. The molecule has 1 aromatic heterocycles. The first-order chi connectivity index (χ1) is 9.79. The van der Waals surface area contributed by atoms with Gasteiger partial charge < -0.3 is 9.64 Å². The topological polar surface area (TPSA) is 42.4 Å². The summed E-state index contributed by atoms with van der Waals surface area (Å²) >= 11 is 0. The SMILES string of the molecule is COc1ccc(C(=O)N2[C@@H]3CC[C@H]2[C@H]2CCC[C@H]23)cn1. The van der Waals surface area contributed by atoms with E-state index in [4.69, 9.17) is 4.74 Å². The van der Waals surface area contributed by atoms with Crippen molar-refractivity contribution in [3.05, 3.63) is 23.9 Å². The first-order valence-corrected chi connectivity index (χ1v) is 7.62. The summed E-state index contributed by atoms with van der Waals surface area (Å²) in [5.74, 6) is 2.26. The predicted molar refractivity (Wildman–Crippen MR) is 74.6 cm³/mol. The van der Waals surface area contributed by atoms with Crippen molar-refractivity contribution in [1.29, 1.82) is 0 Å². The highest BCUT2D eigenvalue weighted by Crippen LogP contribution is 2.53. The number of carbonyl (C=O) groups is 1. The van der Waals surface area contributed by atoms with Gasteiger partial charge in [0.1, 0.15) is 0 Å². The van der Waals surface area contributed by atoms with Gasteiger partial charge in [0.25, 0.3) is 5.91 Å². The second-order valence-corrected chi connectivity index (χ2v) is 6.27. The Hall–Kier alpha value is -1.58. The largest absolute Gasteiger partial charge is 0.481 e. The highest BCUT2D eigenvalue weighted by molar-refractivity contribution is 5.95. The van der Waals surface area contributed by atoms with Crippen LogP contribution in [0.15, 0.2) is 18.3 Å². The number of aromatic nitrogens is 1. The smallest absolute Gasteiger partial charge is 0.255 e. The first kappa shape index (κ1) is 12.2. The molecule has 0 spiro atoms. The van der Waals surface area contributed by atoms with Crippen LogP contribution in [0.2, 0.25) is 0 Å². The van der Waals surface area contributed by atoms with Crippen molar-refractivity contribution in [3.8, 4) is 5.88 Å². The molecule has 3 heterocycles. The van der Waals surface area contributed by atoms with Crippen LogP contribution in [0.3, 0.4) is 0 Å². The lowest BCUT2D eigenvalue weighted by molar-refractivity contribution is 0.0707. The normalized spacial score (nSPS) is 34.4. The van der Waals surface area contributed by atoms with Crippen molar-refractivity contribution in [1.82, 2.24) is 9.88 Å². The van der Waals surface area contributed by atoms with Gasteiger partial charge in [-0.05, 0) is 43.6 Å². The first-order valence-electron chi connectivity index (χ1n) is 7.62.